The molecule has 1 amide bonds. The summed E-state index contributed by atoms with van der Waals surface area (Å²) >= 11 is 0. The molecular weight excluding hydrogens is 701 g/mol. The Hall–Kier alpha value is -4.27. The molecule has 1 saturated carbocycles. The molecule has 1 N–H and O–H groups in total. The fourth-order valence-corrected chi connectivity index (χ4v) is 10.4. The Labute approximate surface area is 309 Å². The van der Waals surface area contributed by atoms with Crippen molar-refractivity contribution in [2.45, 2.75) is 66.4 Å². The van der Waals surface area contributed by atoms with Gasteiger partial charge in [0.25, 0.3) is 0 Å². The van der Waals surface area contributed by atoms with Crippen LogP contribution in [0, 0.1) is 29.4 Å². The standard InChI is InChI=1S/C39H47F2N7O4S/c1-52-38(49)45-36-7-3-6-35(36)39(25-48-19-15-42-27-48,30-4-2-5-32(41)20-30)29-12-16-46(17-13-29)22-28-23-47(24-28)18-14-33-21-37(44-26-43-33)53(50,51)34-10-8-31(40)9-11-34/h2,4-5,8-11,15,19-21,26-29,35-36H,3,6-7,12-14,16-18,22-25H2,1H3,(H,45,49)/t35-,36-,39-/m0/s1. The third-order valence-corrected chi connectivity index (χ3v) is 13.3. The Balaban J connectivity index is 0.980. The number of piperidine rings is 1. The van der Waals surface area contributed by atoms with E-state index >= 15 is 4.39 Å². The van der Waals surface area contributed by atoms with Crippen LogP contribution in [-0.4, -0.2) is 96.3 Å². The van der Waals surface area contributed by atoms with Crippen LogP contribution in [0.1, 0.15) is 43.4 Å². The third-order valence-electron chi connectivity index (χ3n) is 11.7. The van der Waals surface area contributed by atoms with Gasteiger partial charge in [-0.1, -0.05) is 18.6 Å². The second-order valence-corrected chi connectivity index (χ2v) is 16.7. The van der Waals surface area contributed by atoms with Gasteiger partial charge in [0.15, 0.2) is 5.03 Å². The van der Waals surface area contributed by atoms with E-state index in [1.54, 1.807) is 12.3 Å². The Morgan fingerprint density at radius 1 is 0.981 bits per heavy atom. The lowest BCUT2D eigenvalue weighted by Gasteiger charge is -2.51. The molecule has 14 heteroatoms. The highest BCUT2D eigenvalue weighted by molar-refractivity contribution is 7.91. The van der Waals surface area contributed by atoms with Crippen LogP contribution in [0.15, 0.2) is 89.6 Å². The van der Waals surface area contributed by atoms with Crippen LogP contribution < -0.4 is 5.32 Å². The fraction of sp³-hybridized carbons (Fsp3) is 0.487. The van der Waals surface area contributed by atoms with Gasteiger partial charge in [-0.2, -0.15) is 0 Å². The first-order valence-corrected chi connectivity index (χ1v) is 19.9. The molecule has 0 bridgehead atoms. The highest BCUT2D eigenvalue weighted by Gasteiger charge is 2.52. The Kier molecular flexibility index (Phi) is 11.2. The van der Waals surface area contributed by atoms with Gasteiger partial charge < -0.3 is 24.4 Å². The molecule has 7 rings (SSSR count). The van der Waals surface area contributed by atoms with Crippen molar-refractivity contribution in [2.24, 2.45) is 17.8 Å². The van der Waals surface area contributed by atoms with E-state index in [9.17, 15) is 17.6 Å². The quantitative estimate of drug-likeness (QED) is 0.147. The molecule has 282 valence electrons. The molecule has 3 fully saturated rings. The van der Waals surface area contributed by atoms with Crippen molar-refractivity contribution in [1.82, 2.24) is 34.6 Å². The van der Waals surface area contributed by atoms with E-state index in [0.29, 0.717) is 24.6 Å². The van der Waals surface area contributed by atoms with Crippen molar-refractivity contribution < 1.29 is 26.7 Å². The maximum atomic E-state index is 15.0. The zero-order valence-corrected chi connectivity index (χ0v) is 30.8. The summed E-state index contributed by atoms with van der Waals surface area (Å²) in [6.45, 7) is 6.21. The molecule has 11 nitrogen and oxygen atoms in total. The van der Waals surface area contributed by atoms with E-state index in [-0.39, 0.29) is 33.6 Å². The van der Waals surface area contributed by atoms with Crippen LogP contribution in [0.4, 0.5) is 13.6 Å². The number of rotatable bonds is 13. The highest BCUT2D eigenvalue weighted by atomic mass is 32.2. The first-order chi connectivity index (χ1) is 25.6. The van der Waals surface area contributed by atoms with E-state index in [1.807, 2.05) is 18.6 Å². The summed E-state index contributed by atoms with van der Waals surface area (Å²) in [4.78, 5) is 30.1. The Bertz CT molecular complexity index is 1950. The molecular formula is C39H47F2N7O4S. The third kappa shape index (κ3) is 8.14. The molecule has 0 radical (unpaired) electrons. The number of imidazole rings is 1. The van der Waals surface area contributed by atoms with E-state index in [1.165, 1.54) is 37.7 Å². The summed E-state index contributed by atoms with van der Waals surface area (Å²) in [7, 11) is -2.48. The summed E-state index contributed by atoms with van der Waals surface area (Å²) in [6, 6.07) is 13.2. The number of sulfone groups is 1. The largest absolute Gasteiger partial charge is 0.453 e. The molecule has 2 saturated heterocycles. The van der Waals surface area contributed by atoms with Gasteiger partial charge in [0, 0.05) is 68.7 Å². The van der Waals surface area contributed by atoms with Gasteiger partial charge in [-0.05, 0) is 105 Å². The van der Waals surface area contributed by atoms with Gasteiger partial charge in [-0.3, -0.25) is 0 Å². The van der Waals surface area contributed by atoms with Gasteiger partial charge >= 0.3 is 6.09 Å². The number of halogens is 2. The van der Waals surface area contributed by atoms with Crippen molar-refractivity contribution in [3.8, 4) is 0 Å². The number of hydrogen-bond donors (Lipinski definition) is 1. The Morgan fingerprint density at radius 2 is 1.77 bits per heavy atom. The van der Waals surface area contributed by atoms with Crippen molar-refractivity contribution in [3.05, 3.63) is 103 Å². The first kappa shape index (κ1) is 37.1. The zero-order chi connectivity index (χ0) is 37.0. The average Bonchev–Trinajstić information content (AvgIpc) is 3.84. The van der Waals surface area contributed by atoms with Crippen molar-refractivity contribution >= 4 is 15.9 Å². The van der Waals surface area contributed by atoms with Crippen LogP contribution >= 0.6 is 0 Å². The lowest BCUT2D eigenvalue weighted by atomic mass is 9.58. The molecule has 2 aromatic heterocycles. The normalized spacial score (nSPS) is 21.6. The number of carbonyl (C=O) groups excluding carboxylic acids is 1. The molecule has 3 aliphatic rings. The molecule has 4 heterocycles. The van der Waals surface area contributed by atoms with Gasteiger partial charge in [-0.15, -0.1) is 0 Å². The predicted molar refractivity (Wildman–Crippen MR) is 194 cm³/mol. The first-order valence-electron chi connectivity index (χ1n) is 18.5. The summed E-state index contributed by atoms with van der Waals surface area (Å²) < 4.78 is 61.6. The molecule has 0 spiro atoms. The number of ether oxygens (including phenoxy) is 1. The number of alkyl carbamates (subject to hydrolysis) is 1. The lowest BCUT2D eigenvalue weighted by Crippen LogP contribution is -2.56. The topological polar surface area (TPSA) is 123 Å². The van der Waals surface area contributed by atoms with Crippen LogP contribution in [0.3, 0.4) is 0 Å². The number of nitrogens with zero attached hydrogens (tertiary/aromatic N) is 6. The number of nitrogens with one attached hydrogen (secondary N) is 1. The molecule has 4 aromatic rings. The van der Waals surface area contributed by atoms with Gasteiger partial charge in [-0.25, -0.2) is 36.9 Å². The van der Waals surface area contributed by atoms with E-state index in [4.69, 9.17) is 4.74 Å². The number of amides is 1. The SMILES string of the molecule is COC(=O)N[C@H]1CCC[C@@H]1[C@](Cn1ccnc1)(c1cccc(F)c1)C1CCN(CC2CN(CCc3cc(S(=O)(=O)c4ccc(F)cc4)ncn3)C2)CC1. The van der Waals surface area contributed by atoms with E-state index < -0.39 is 27.2 Å². The van der Waals surface area contributed by atoms with Crippen LogP contribution in [0.25, 0.3) is 0 Å². The maximum Gasteiger partial charge on any atom is 0.407 e. The molecule has 3 atom stereocenters. The molecule has 2 aliphatic heterocycles. The second-order valence-electron chi connectivity index (χ2n) is 14.8. The Morgan fingerprint density at radius 3 is 2.49 bits per heavy atom. The average molecular weight is 748 g/mol. The highest BCUT2D eigenvalue weighted by Crippen LogP contribution is 2.51. The minimum atomic E-state index is -3.87. The number of benzene rings is 2. The number of methoxy groups -OCH3 is 1. The van der Waals surface area contributed by atoms with Crippen LogP contribution in [0.5, 0.6) is 0 Å². The number of likely N-dealkylation sites (tertiary alicyclic amines) is 2. The van der Waals surface area contributed by atoms with Crippen molar-refractivity contribution in [1.29, 1.82) is 0 Å². The van der Waals surface area contributed by atoms with Crippen LogP contribution in [0.2, 0.25) is 0 Å². The summed E-state index contributed by atoms with van der Waals surface area (Å²) in [5, 5.41) is 3.05. The van der Waals surface area contributed by atoms with Crippen molar-refractivity contribution in [3.63, 3.8) is 0 Å². The molecule has 0 unspecified atom stereocenters. The summed E-state index contributed by atoms with van der Waals surface area (Å²) in [6.07, 6.45) is 11.7. The number of hydrogen-bond acceptors (Lipinski definition) is 9. The zero-order valence-electron chi connectivity index (χ0n) is 30.0. The fourth-order valence-electron chi connectivity index (χ4n) is 9.15. The summed E-state index contributed by atoms with van der Waals surface area (Å²) in [5.41, 5.74) is 1.20. The van der Waals surface area contributed by atoms with E-state index in [2.05, 4.69) is 40.7 Å². The number of aromatic nitrogens is 4. The van der Waals surface area contributed by atoms with E-state index in [0.717, 1.165) is 89.1 Å². The second kappa shape index (κ2) is 16.0. The van der Waals surface area contributed by atoms with Gasteiger partial charge in [0.1, 0.15) is 18.0 Å². The maximum absolute atomic E-state index is 15.0. The smallest absolute Gasteiger partial charge is 0.407 e. The minimum absolute atomic E-state index is 0.00525. The van der Waals surface area contributed by atoms with Crippen LogP contribution in [-0.2, 0) is 33.0 Å². The van der Waals surface area contributed by atoms with Crippen molar-refractivity contribution in [2.75, 3.05) is 46.4 Å². The van der Waals surface area contributed by atoms with Gasteiger partial charge in [0.2, 0.25) is 9.84 Å². The monoisotopic (exact) mass is 747 g/mol. The summed E-state index contributed by atoms with van der Waals surface area (Å²) in [5.74, 6) is 0.133. The predicted octanol–water partition coefficient (Wildman–Crippen LogP) is 5.13. The molecule has 2 aromatic carbocycles. The minimum Gasteiger partial charge on any atom is -0.453 e. The van der Waals surface area contributed by atoms with Gasteiger partial charge in [0.05, 0.1) is 18.3 Å². The number of carbonyl (C=O) groups is 1. The molecule has 1 aliphatic carbocycles. The molecule has 53 heavy (non-hydrogen) atoms. The lowest BCUT2D eigenvalue weighted by molar-refractivity contribution is 0.0297.